The van der Waals surface area contributed by atoms with E-state index >= 15 is 0 Å². The Hall–Kier alpha value is -1.76. The molecule has 0 radical (unpaired) electrons. The number of carbonyl (C=O) groups excluding carboxylic acids is 1. The van der Waals surface area contributed by atoms with Crippen molar-refractivity contribution in [3.05, 3.63) is 34.7 Å². The molecule has 2 aromatic rings. The van der Waals surface area contributed by atoms with E-state index in [0.717, 1.165) is 19.3 Å². The third-order valence-corrected chi connectivity index (χ3v) is 5.39. The molecular weight excluding hydrogens is 402 g/mol. The predicted molar refractivity (Wildman–Crippen MR) is 100 cm³/mol. The number of hydrogen-bond acceptors (Lipinski definition) is 6. The molecule has 0 spiro atoms. The van der Waals surface area contributed by atoms with Gasteiger partial charge in [0.1, 0.15) is 0 Å². The zero-order valence-electron chi connectivity index (χ0n) is 15.4. The van der Waals surface area contributed by atoms with Crippen LogP contribution in [0.4, 0.5) is 14.8 Å². The third kappa shape index (κ3) is 5.90. The Morgan fingerprint density at radius 2 is 1.96 bits per heavy atom. The summed E-state index contributed by atoms with van der Waals surface area (Å²) in [6.45, 7) is 6.64. The summed E-state index contributed by atoms with van der Waals surface area (Å²) in [5.41, 5.74) is 5.40. The van der Waals surface area contributed by atoms with Gasteiger partial charge in [0, 0.05) is 0 Å². The van der Waals surface area contributed by atoms with Gasteiger partial charge in [-0.1, -0.05) is 0 Å². The van der Waals surface area contributed by atoms with E-state index in [4.69, 9.17) is 10.5 Å². The molecule has 0 atom stereocenters. The summed E-state index contributed by atoms with van der Waals surface area (Å²) in [5, 5.41) is 8.15. The van der Waals surface area contributed by atoms with Gasteiger partial charge in [0.05, 0.1) is 0 Å². The van der Waals surface area contributed by atoms with Gasteiger partial charge < -0.3 is 0 Å². The zero-order chi connectivity index (χ0) is 19.2. The van der Waals surface area contributed by atoms with Gasteiger partial charge in [0.2, 0.25) is 0 Å². The van der Waals surface area contributed by atoms with E-state index in [-0.39, 0.29) is 5.82 Å². The molecule has 8 heteroatoms. The van der Waals surface area contributed by atoms with E-state index in [9.17, 15) is 9.18 Å². The van der Waals surface area contributed by atoms with Crippen LogP contribution in [0, 0.1) is 5.82 Å². The Kier molecular flexibility index (Phi) is 7.32. The number of para-hydroxylation sites is 1. The first-order valence-electron chi connectivity index (χ1n) is 8.61. The van der Waals surface area contributed by atoms with E-state index in [1.54, 1.807) is 39.0 Å². The van der Waals surface area contributed by atoms with Crippen LogP contribution in [0.2, 0.25) is 0 Å². The molecule has 142 valence electrons. The Balaban J connectivity index is 2.23. The molecule has 0 saturated carbocycles. The maximum absolute atomic E-state index is 14.3. The second-order valence-corrected chi connectivity index (χ2v) is 8.85. The number of ether oxygens (including phenoxy) is 1. The van der Waals surface area contributed by atoms with Crippen molar-refractivity contribution in [3.63, 3.8) is 0 Å². The fourth-order valence-corrected chi connectivity index (χ4v) is 3.91. The summed E-state index contributed by atoms with van der Waals surface area (Å²) < 4.78 is 20.6. The van der Waals surface area contributed by atoms with E-state index in [1.165, 1.54) is 6.07 Å². The Morgan fingerprint density at radius 3 is 2.62 bits per heavy atom. The molecule has 0 bridgehead atoms. The number of carbonyl (C=O) groups is 1. The minimum absolute atomic E-state index is 0.297. The summed E-state index contributed by atoms with van der Waals surface area (Å²) in [6.07, 6.45) is 2.71. The zero-order valence-corrected chi connectivity index (χ0v) is 17.1. The van der Waals surface area contributed by atoms with Crippen LogP contribution in [0.15, 0.2) is 24.3 Å². The number of nitrogens with zero attached hydrogens (tertiary/aromatic N) is 3. The van der Waals surface area contributed by atoms with Crippen LogP contribution in [-0.4, -0.2) is 49.4 Å². The quantitative estimate of drug-likeness (QED) is 0.396. The fourth-order valence-electron chi connectivity index (χ4n) is 2.31. The molecule has 2 rings (SSSR count). The number of benzene rings is 1. The molecule has 1 aromatic heterocycles. The molecule has 1 aromatic carbocycles. The van der Waals surface area contributed by atoms with Gasteiger partial charge in [-0.2, -0.15) is 0 Å². The number of anilines is 2. The topological polar surface area (TPSA) is 81.3 Å². The van der Waals surface area contributed by atoms with Crippen molar-refractivity contribution in [3.8, 4) is 0 Å². The Morgan fingerprint density at radius 1 is 1.23 bits per heavy atom. The molecular formula is C18H25FN4O2Se. The van der Waals surface area contributed by atoms with Gasteiger partial charge in [0.15, 0.2) is 0 Å². The molecule has 0 aliphatic rings. The summed E-state index contributed by atoms with van der Waals surface area (Å²) in [5.74, 6) is -0.789. The fraction of sp³-hybridized carbons (Fsp3) is 0.500. The van der Waals surface area contributed by atoms with Crippen molar-refractivity contribution in [1.82, 2.24) is 10.2 Å². The van der Waals surface area contributed by atoms with Gasteiger partial charge in [-0.3, -0.25) is 0 Å². The van der Waals surface area contributed by atoms with Crippen molar-refractivity contribution in [2.75, 3.05) is 18.0 Å². The van der Waals surface area contributed by atoms with Crippen LogP contribution in [0.5, 0.6) is 0 Å². The predicted octanol–water partition coefficient (Wildman–Crippen LogP) is 2.90. The average molecular weight is 427 g/mol. The van der Waals surface area contributed by atoms with Crippen LogP contribution in [-0.2, 0) is 4.74 Å². The number of aromatic nitrogens is 2. The molecule has 6 nitrogen and oxygen atoms in total. The van der Waals surface area contributed by atoms with Crippen LogP contribution in [0.3, 0.4) is 0 Å². The Bertz CT molecular complexity index is 730. The van der Waals surface area contributed by atoms with Crippen LogP contribution < -0.4 is 10.6 Å². The summed E-state index contributed by atoms with van der Waals surface area (Å²) in [4.78, 5) is 14.0. The second kappa shape index (κ2) is 9.26. The second-order valence-electron chi connectivity index (χ2n) is 6.84. The number of hydrogen-bond donors (Lipinski definition) is 1. The number of halogens is 1. The minimum atomic E-state index is -0.591. The first kappa shape index (κ1) is 20.6. The van der Waals surface area contributed by atoms with E-state index in [0.29, 0.717) is 28.0 Å². The summed E-state index contributed by atoms with van der Waals surface area (Å²) in [7, 11) is 0. The van der Waals surface area contributed by atoms with Crippen molar-refractivity contribution >= 4 is 30.9 Å². The first-order valence-corrected chi connectivity index (χ1v) is 10.3. The van der Waals surface area contributed by atoms with Crippen LogP contribution >= 0.6 is 0 Å². The van der Waals surface area contributed by atoms with E-state index in [1.807, 2.05) is 4.90 Å². The van der Waals surface area contributed by atoms with Gasteiger partial charge in [-0.15, -0.1) is 0 Å². The molecule has 1 heterocycles. The molecule has 26 heavy (non-hydrogen) atoms. The molecule has 0 aliphatic carbocycles. The van der Waals surface area contributed by atoms with E-state index in [2.05, 4.69) is 10.2 Å². The molecule has 0 amide bonds. The van der Waals surface area contributed by atoms with E-state index < -0.39 is 26.1 Å². The molecule has 0 aliphatic heterocycles. The molecule has 0 fully saturated rings. The molecule has 0 unspecified atom stereocenters. The monoisotopic (exact) mass is 428 g/mol. The standard InChI is InChI=1S/C18H25FN4O2Se/c1-18(2,3)25-16(24)15-21-22-17(26-15)23(12-8-4-7-11-20)14-10-6-5-9-13(14)19/h5-6,9-10H,4,7-8,11-12,20H2,1-3H3. The van der Waals surface area contributed by atoms with Crippen LogP contribution in [0.25, 0.3) is 0 Å². The third-order valence-electron chi connectivity index (χ3n) is 3.45. The van der Waals surface area contributed by atoms with Crippen molar-refractivity contribution in [2.45, 2.75) is 45.6 Å². The number of esters is 1. The average Bonchev–Trinajstić information content (AvgIpc) is 3.04. The number of nitrogens with two attached hydrogens (primary N) is 1. The SMILES string of the molecule is CC(C)(C)OC(=O)c1nnc(N(CCCCCN)c2ccccc2F)[se]1. The van der Waals surface area contributed by atoms with Crippen molar-refractivity contribution in [1.29, 1.82) is 0 Å². The van der Waals surface area contributed by atoms with Gasteiger partial charge in [0.25, 0.3) is 0 Å². The normalized spacial score (nSPS) is 11.4. The maximum atomic E-state index is 14.3. The van der Waals surface area contributed by atoms with Gasteiger partial charge in [-0.05, 0) is 0 Å². The van der Waals surface area contributed by atoms with Crippen molar-refractivity contribution in [2.24, 2.45) is 5.73 Å². The summed E-state index contributed by atoms with van der Waals surface area (Å²) >= 11 is -0.432. The van der Waals surface area contributed by atoms with Crippen molar-refractivity contribution < 1.29 is 13.9 Å². The first-order chi connectivity index (χ1) is 12.3. The number of unbranched alkanes of at least 4 members (excludes halogenated alkanes) is 2. The Labute approximate surface area is 159 Å². The molecule has 0 saturated heterocycles. The van der Waals surface area contributed by atoms with Gasteiger partial charge >= 0.3 is 159 Å². The molecule has 2 N–H and O–H groups in total. The summed E-state index contributed by atoms with van der Waals surface area (Å²) in [6, 6.07) is 6.56. The van der Waals surface area contributed by atoms with Gasteiger partial charge in [-0.25, -0.2) is 0 Å². The number of rotatable bonds is 8. The van der Waals surface area contributed by atoms with Crippen LogP contribution in [0.1, 0.15) is 49.4 Å².